The van der Waals surface area contributed by atoms with Crippen LogP contribution in [0.2, 0.25) is 0 Å². The summed E-state index contributed by atoms with van der Waals surface area (Å²) in [5.41, 5.74) is 5.96. The summed E-state index contributed by atoms with van der Waals surface area (Å²) in [6.45, 7) is 0. The number of para-hydroxylation sites is 1. The number of hydrogen-bond donors (Lipinski definition) is 2. The summed E-state index contributed by atoms with van der Waals surface area (Å²) in [5.74, 6) is 1.51. The summed E-state index contributed by atoms with van der Waals surface area (Å²) in [7, 11) is 0. The molecule has 0 unspecified atom stereocenters. The van der Waals surface area contributed by atoms with Crippen molar-refractivity contribution in [3.8, 4) is 17.1 Å². The Kier molecular flexibility index (Phi) is 4.65. The molecular formula is C22H19N5OS. The van der Waals surface area contributed by atoms with Gasteiger partial charge in [0.1, 0.15) is 10.6 Å². The molecule has 0 bridgehead atoms. The fraction of sp³-hybridized carbons (Fsp3) is 0.182. The van der Waals surface area contributed by atoms with Gasteiger partial charge in [0.25, 0.3) is 0 Å². The predicted octanol–water partition coefficient (Wildman–Crippen LogP) is 4.78. The summed E-state index contributed by atoms with van der Waals surface area (Å²) in [4.78, 5) is 16.2. The van der Waals surface area contributed by atoms with Crippen molar-refractivity contribution in [2.45, 2.75) is 25.7 Å². The molecule has 29 heavy (non-hydrogen) atoms. The molecule has 0 aliphatic heterocycles. The van der Waals surface area contributed by atoms with Gasteiger partial charge in [0.2, 0.25) is 0 Å². The molecule has 0 atom stereocenters. The number of nitrogens with zero attached hydrogens (tertiary/aromatic N) is 4. The highest BCUT2D eigenvalue weighted by Gasteiger charge is 2.21. The third-order valence-corrected chi connectivity index (χ3v) is 6.23. The number of rotatable bonds is 4. The van der Waals surface area contributed by atoms with E-state index in [0.29, 0.717) is 17.2 Å². The van der Waals surface area contributed by atoms with E-state index in [1.807, 2.05) is 24.3 Å². The maximum absolute atomic E-state index is 9.95. The van der Waals surface area contributed by atoms with E-state index in [4.69, 9.17) is 9.97 Å². The Balaban J connectivity index is 1.59. The molecule has 0 amide bonds. The van der Waals surface area contributed by atoms with Crippen LogP contribution in [0.1, 0.15) is 28.8 Å². The molecule has 1 aliphatic carbocycles. The predicted molar refractivity (Wildman–Crippen MR) is 117 cm³/mol. The van der Waals surface area contributed by atoms with Gasteiger partial charge in [-0.2, -0.15) is 5.10 Å². The van der Waals surface area contributed by atoms with E-state index >= 15 is 0 Å². The molecule has 1 aromatic carbocycles. The van der Waals surface area contributed by atoms with Crippen molar-refractivity contribution in [3.05, 3.63) is 64.8 Å². The number of aromatic hydroxyl groups is 1. The highest BCUT2D eigenvalue weighted by atomic mass is 32.1. The van der Waals surface area contributed by atoms with Crippen molar-refractivity contribution >= 4 is 33.6 Å². The first-order valence-corrected chi connectivity index (χ1v) is 10.4. The van der Waals surface area contributed by atoms with E-state index in [0.717, 1.165) is 28.6 Å². The second-order valence-corrected chi connectivity index (χ2v) is 8.04. The number of aromatic nitrogens is 3. The van der Waals surface area contributed by atoms with Crippen LogP contribution in [-0.4, -0.2) is 26.3 Å². The highest BCUT2D eigenvalue weighted by Crippen LogP contribution is 2.39. The molecule has 6 nitrogen and oxygen atoms in total. The Morgan fingerprint density at radius 3 is 2.83 bits per heavy atom. The average molecular weight is 401 g/mol. The number of aryl methyl sites for hydroxylation is 2. The smallest absolute Gasteiger partial charge is 0.164 e. The first kappa shape index (κ1) is 17.8. The van der Waals surface area contributed by atoms with Gasteiger partial charge in [0.15, 0.2) is 11.6 Å². The Morgan fingerprint density at radius 2 is 1.97 bits per heavy atom. The van der Waals surface area contributed by atoms with Gasteiger partial charge in [-0.25, -0.2) is 9.97 Å². The van der Waals surface area contributed by atoms with Crippen LogP contribution < -0.4 is 5.43 Å². The zero-order valence-corrected chi connectivity index (χ0v) is 16.5. The summed E-state index contributed by atoms with van der Waals surface area (Å²) in [6, 6.07) is 10.9. The normalized spacial score (nSPS) is 13.7. The minimum absolute atomic E-state index is 0.190. The molecule has 4 aromatic rings. The van der Waals surface area contributed by atoms with E-state index in [1.165, 1.54) is 23.3 Å². The standard InChI is InChI=1S/C22H19N5OS/c28-17-9-3-1-6-14(17)13-24-27-21-19-16-8-2-4-10-18(16)29-22(19)26-20(25-21)15-7-5-11-23-12-15/h1,3,5-7,9,11-13,28H,2,4,8,10H2,(H,25,26,27). The van der Waals surface area contributed by atoms with Gasteiger partial charge in [-0.05, 0) is 55.5 Å². The van der Waals surface area contributed by atoms with Gasteiger partial charge in [-0.1, -0.05) is 12.1 Å². The lowest BCUT2D eigenvalue weighted by atomic mass is 9.97. The Hall–Kier alpha value is -3.32. The number of fused-ring (bicyclic) bond motifs is 3. The maximum Gasteiger partial charge on any atom is 0.164 e. The summed E-state index contributed by atoms with van der Waals surface area (Å²) < 4.78 is 0. The molecular weight excluding hydrogens is 382 g/mol. The number of phenols is 1. The fourth-order valence-corrected chi connectivity index (χ4v) is 4.88. The summed E-state index contributed by atoms with van der Waals surface area (Å²) in [5, 5.41) is 15.4. The number of nitrogens with one attached hydrogen (secondary N) is 1. The molecule has 144 valence electrons. The van der Waals surface area contributed by atoms with Crippen molar-refractivity contribution in [1.29, 1.82) is 0 Å². The Labute approximate surface area is 172 Å². The van der Waals surface area contributed by atoms with Gasteiger partial charge >= 0.3 is 0 Å². The molecule has 1 aliphatic rings. The molecule has 0 saturated carbocycles. The second kappa shape index (κ2) is 7.60. The zero-order valence-electron chi connectivity index (χ0n) is 15.7. The van der Waals surface area contributed by atoms with Crippen LogP contribution in [0.15, 0.2) is 53.9 Å². The van der Waals surface area contributed by atoms with Gasteiger partial charge < -0.3 is 5.11 Å². The summed E-state index contributed by atoms with van der Waals surface area (Å²) in [6.07, 6.45) is 9.65. The monoisotopic (exact) mass is 401 g/mol. The lowest BCUT2D eigenvalue weighted by molar-refractivity contribution is 0.474. The van der Waals surface area contributed by atoms with Crippen LogP contribution in [-0.2, 0) is 12.8 Å². The lowest BCUT2D eigenvalue weighted by Crippen LogP contribution is -2.02. The lowest BCUT2D eigenvalue weighted by Gasteiger charge is -2.12. The number of thiophene rings is 1. The van der Waals surface area contributed by atoms with E-state index in [9.17, 15) is 5.11 Å². The molecule has 0 radical (unpaired) electrons. The number of pyridine rings is 1. The van der Waals surface area contributed by atoms with E-state index in [2.05, 4.69) is 15.5 Å². The van der Waals surface area contributed by atoms with Gasteiger partial charge in [-0.3, -0.25) is 10.4 Å². The van der Waals surface area contributed by atoms with E-state index < -0.39 is 0 Å². The van der Waals surface area contributed by atoms with Crippen LogP contribution in [0.4, 0.5) is 5.82 Å². The largest absolute Gasteiger partial charge is 0.507 e. The van der Waals surface area contributed by atoms with E-state index in [-0.39, 0.29) is 5.75 Å². The van der Waals surface area contributed by atoms with Crippen molar-refractivity contribution in [1.82, 2.24) is 15.0 Å². The number of anilines is 1. The van der Waals surface area contributed by atoms with E-state index in [1.54, 1.807) is 42.1 Å². The molecule has 0 saturated heterocycles. The van der Waals surface area contributed by atoms with Crippen LogP contribution in [0.25, 0.3) is 21.6 Å². The van der Waals surface area contributed by atoms with Crippen LogP contribution in [0.5, 0.6) is 5.75 Å². The van der Waals surface area contributed by atoms with Crippen LogP contribution >= 0.6 is 11.3 Å². The number of benzene rings is 1. The quantitative estimate of drug-likeness (QED) is 0.380. The van der Waals surface area contributed by atoms with Gasteiger partial charge in [0, 0.05) is 28.4 Å². The number of hydrogen-bond acceptors (Lipinski definition) is 7. The SMILES string of the molecule is Oc1ccccc1C=NNc1nc(-c2cccnc2)nc2sc3c(c12)CCCC3. The Morgan fingerprint density at radius 1 is 1.07 bits per heavy atom. The van der Waals surface area contributed by atoms with Gasteiger partial charge in [-0.15, -0.1) is 11.3 Å². The highest BCUT2D eigenvalue weighted by molar-refractivity contribution is 7.19. The molecule has 7 heteroatoms. The molecule has 0 spiro atoms. The first-order valence-electron chi connectivity index (χ1n) is 9.59. The minimum Gasteiger partial charge on any atom is -0.507 e. The van der Waals surface area contributed by atoms with Crippen molar-refractivity contribution in [2.75, 3.05) is 5.43 Å². The Bertz CT molecular complexity index is 1200. The molecule has 5 rings (SSSR count). The fourth-order valence-electron chi connectivity index (χ4n) is 3.62. The molecule has 2 N–H and O–H groups in total. The van der Waals surface area contributed by atoms with Crippen LogP contribution in [0, 0.1) is 0 Å². The molecule has 0 fully saturated rings. The summed E-state index contributed by atoms with van der Waals surface area (Å²) >= 11 is 1.75. The third-order valence-electron chi connectivity index (χ3n) is 5.05. The third kappa shape index (κ3) is 3.45. The number of phenolic OH excluding ortho intramolecular Hbond substituents is 1. The zero-order chi connectivity index (χ0) is 19.6. The minimum atomic E-state index is 0.190. The molecule has 3 heterocycles. The van der Waals surface area contributed by atoms with Crippen molar-refractivity contribution < 1.29 is 5.11 Å². The second-order valence-electron chi connectivity index (χ2n) is 6.96. The number of hydrazone groups is 1. The van der Waals surface area contributed by atoms with Crippen LogP contribution in [0.3, 0.4) is 0 Å². The first-order chi connectivity index (χ1) is 14.3. The maximum atomic E-state index is 9.95. The molecule has 3 aromatic heterocycles. The van der Waals surface area contributed by atoms with Crippen molar-refractivity contribution in [3.63, 3.8) is 0 Å². The average Bonchev–Trinajstić information content (AvgIpc) is 3.14. The topological polar surface area (TPSA) is 83.3 Å². The van der Waals surface area contributed by atoms with Crippen molar-refractivity contribution in [2.24, 2.45) is 5.10 Å². The van der Waals surface area contributed by atoms with Gasteiger partial charge in [0.05, 0.1) is 11.6 Å².